The molecule has 2 aromatic rings. The summed E-state index contributed by atoms with van der Waals surface area (Å²) in [7, 11) is 0. The molecule has 78 valence electrons. The van der Waals surface area contributed by atoms with Crippen LogP contribution in [0, 0.1) is 5.92 Å². The summed E-state index contributed by atoms with van der Waals surface area (Å²) < 4.78 is 0. The van der Waals surface area contributed by atoms with Crippen LogP contribution in [0.5, 0.6) is 5.88 Å². The Bertz CT molecular complexity index is 521. The van der Waals surface area contributed by atoms with Gasteiger partial charge in [0.15, 0.2) is 0 Å². The largest absolute Gasteiger partial charge is 0.493 e. The van der Waals surface area contributed by atoms with E-state index >= 15 is 0 Å². The number of aromatic nitrogens is 2. The molecule has 0 fully saturated rings. The molecule has 0 saturated carbocycles. The highest BCUT2D eigenvalue weighted by Crippen LogP contribution is 2.39. The summed E-state index contributed by atoms with van der Waals surface area (Å²) in [6, 6.07) is 0. The van der Waals surface area contributed by atoms with Gasteiger partial charge in [0.2, 0.25) is 5.88 Å². The van der Waals surface area contributed by atoms with Crippen LogP contribution in [-0.2, 0) is 12.8 Å². The second kappa shape index (κ2) is 3.17. The lowest BCUT2D eigenvalue weighted by Gasteiger charge is -2.17. The molecule has 3 nitrogen and oxygen atoms in total. The summed E-state index contributed by atoms with van der Waals surface area (Å²) >= 11 is 1.71. The average molecular weight is 220 g/mol. The number of hydrogen-bond acceptors (Lipinski definition) is 4. The van der Waals surface area contributed by atoms with Gasteiger partial charge < -0.3 is 5.11 Å². The van der Waals surface area contributed by atoms with Gasteiger partial charge >= 0.3 is 0 Å². The van der Waals surface area contributed by atoms with Crippen molar-refractivity contribution in [3.05, 3.63) is 16.8 Å². The molecule has 0 aromatic carbocycles. The molecule has 0 radical (unpaired) electrons. The second-order valence-electron chi connectivity index (χ2n) is 4.23. The molecule has 0 bridgehead atoms. The molecule has 15 heavy (non-hydrogen) atoms. The first-order valence-electron chi connectivity index (χ1n) is 5.20. The van der Waals surface area contributed by atoms with Gasteiger partial charge in [0.05, 0.1) is 5.39 Å². The Kier molecular flexibility index (Phi) is 1.92. The van der Waals surface area contributed by atoms with E-state index in [1.165, 1.54) is 23.2 Å². The van der Waals surface area contributed by atoms with E-state index in [4.69, 9.17) is 0 Å². The van der Waals surface area contributed by atoms with E-state index in [0.717, 1.165) is 29.0 Å². The predicted octanol–water partition coefficient (Wildman–Crippen LogP) is 2.52. The Labute approximate surface area is 91.8 Å². The van der Waals surface area contributed by atoms with Crippen molar-refractivity contribution in [2.75, 3.05) is 0 Å². The maximum atomic E-state index is 9.74. The number of nitrogens with zero attached hydrogens (tertiary/aromatic N) is 2. The van der Waals surface area contributed by atoms with Crippen LogP contribution in [-0.4, -0.2) is 15.1 Å². The molecule has 0 spiro atoms. The molecule has 0 saturated heterocycles. The van der Waals surface area contributed by atoms with Crippen LogP contribution >= 0.6 is 11.3 Å². The topological polar surface area (TPSA) is 46.0 Å². The number of fused-ring (bicyclic) bond motifs is 3. The molecule has 1 aliphatic rings. The third-order valence-corrected chi connectivity index (χ3v) is 4.23. The first kappa shape index (κ1) is 9.09. The summed E-state index contributed by atoms with van der Waals surface area (Å²) in [4.78, 5) is 10.4. The van der Waals surface area contributed by atoms with E-state index in [-0.39, 0.29) is 5.88 Å². The van der Waals surface area contributed by atoms with Gasteiger partial charge in [0.25, 0.3) is 0 Å². The van der Waals surface area contributed by atoms with Crippen molar-refractivity contribution in [2.24, 2.45) is 5.92 Å². The molecule has 3 rings (SSSR count). The molecule has 2 heterocycles. The Balaban J connectivity index is 2.29. The highest BCUT2D eigenvalue weighted by molar-refractivity contribution is 7.18. The lowest BCUT2D eigenvalue weighted by atomic mass is 9.89. The number of thiophene rings is 1. The van der Waals surface area contributed by atoms with E-state index in [2.05, 4.69) is 16.9 Å². The van der Waals surface area contributed by atoms with Crippen LogP contribution in [0.4, 0.5) is 0 Å². The van der Waals surface area contributed by atoms with E-state index in [9.17, 15) is 5.11 Å². The van der Waals surface area contributed by atoms with Crippen molar-refractivity contribution in [2.45, 2.75) is 26.2 Å². The van der Waals surface area contributed by atoms with Crippen molar-refractivity contribution in [3.63, 3.8) is 0 Å². The van der Waals surface area contributed by atoms with Crippen LogP contribution in [0.25, 0.3) is 10.2 Å². The van der Waals surface area contributed by atoms with Gasteiger partial charge in [-0.3, -0.25) is 0 Å². The minimum atomic E-state index is 0.145. The van der Waals surface area contributed by atoms with Gasteiger partial charge in [-0.25, -0.2) is 9.97 Å². The summed E-state index contributed by atoms with van der Waals surface area (Å²) in [5.41, 5.74) is 1.28. The fraction of sp³-hybridized carbons (Fsp3) is 0.455. The number of rotatable bonds is 0. The molecule has 2 aromatic heterocycles. The summed E-state index contributed by atoms with van der Waals surface area (Å²) in [5, 5.41) is 10.6. The normalized spacial score (nSPS) is 20.5. The third kappa shape index (κ3) is 1.32. The fourth-order valence-electron chi connectivity index (χ4n) is 2.26. The maximum absolute atomic E-state index is 9.74. The zero-order valence-electron chi connectivity index (χ0n) is 8.53. The SMILES string of the molecule is CC1CCc2c(sc3ncnc(O)c23)C1. The lowest BCUT2D eigenvalue weighted by Crippen LogP contribution is -2.08. The number of aromatic hydroxyl groups is 1. The van der Waals surface area contributed by atoms with Crippen LogP contribution < -0.4 is 0 Å². The number of aryl methyl sites for hydroxylation is 1. The van der Waals surface area contributed by atoms with Gasteiger partial charge in [-0.05, 0) is 30.7 Å². The van der Waals surface area contributed by atoms with Gasteiger partial charge in [0.1, 0.15) is 11.2 Å². The van der Waals surface area contributed by atoms with Crippen LogP contribution in [0.3, 0.4) is 0 Å². The average Bonchev–Trinajstić information content (AvgIpc) is 2.56. The molecular formula is C11H12N2OS. The standard InChI is InChI=1S/C11H12N2OS/c1-6-2-3-7-8(4-6)15-11-9(7)10(14)12-5-13-11/h5-6H,2-4H2,1H3,(H,12,13,14). The van der Waals surface area contributed by atoms with Crippen LogP contribution in [0.2, 0.25) is 0 Å². The van der Waals surface area contributed by atoms with Crippen molar-refractivity contribution in [1.29, 1.82) is 0 Å². The van der Waals surface area contributed by atoms with E-state index in [0.29, 0.717) is 0 Å². The quantitative estimate of drug-likeness (QED) is 0.742. The Morgan fingerprint density at radius 3 is 3.20 bits per heavy atom. The smallest absolute Gasteiger partial charge is 0.223 e. The molecule has 1 unspecified atom stereocenters. The van der Waals surface area contributed by atoms with E-state index in [1.807, 2.05) is 0 Å². The van der Waals surface area contributed by atoms with Crippen LogP contribution in [0.1, 0.15) is 23.8 Å². The Hall–Kier alpha value is -1.16. The van der Waals surface area contributed by atoms with E-state index in [1.54, 1.807) is 11.3 Å². The first-order valence-corrected chi connectivity index (χ1v) is 6.01. The zero-order chi connectivity index (χ0) is 10.4. The molecule has 0 aliphatic heterocycles. The Morgan fingerprint density at radius 2 is 2.33 bits per heavy atom. The van der Waals surface area contributed by atoms with E-state index < -0.39 is 0 Å². The van der Waals surface area contributed by atoms with Gasteiger partial charge in [-0.1, -0.05) is 6.92 Å². The van der Waals surface area contributed by atoms with Gasteiger partial charge in [-0.2, -0.15) is 0 Å². The minimum absolute atomic E-state index is 0.145. The molecule has 1 aliphatic carbocycles. The molecule has 1 N–H and O–H groups in total. The van der Waals surface area contributed by atoms with Crippen molar-refractivity contribution < 1.29 is 5.11 Å². The van der Waals surface area contributed by atoms with Crippen molar-refractivity contribution in [1.82, 2.24) is 9.97 Å². The molecule has 0 amide bonds. The molecule has 1 atom stereocenters. The minimum Gasteiger partial charge on any atom is -0.493 e. The first-order chi connectivity index (χ1) is 7.25. The monoisotopic (exact) mass is 220 g/mol. The highest BCUT2D eigenvalue weighted by atomic mass is 32.1. The second-order valence-corrected chi connectivity index (χ2v) is 5.31. The zero-order valence-corrected chi connectivity index (χ0v) is 9.34. The molecule has 4 heteroatoms. The number of hydrogen-bond donors (Lipinski definition) is 1. The van der Waals surface area contributed by atoms with Crippen LogP contribution in [0.15, 0.2) is 6.33 Å². The maximum Gasteiger partial charge on any atom is 0.223 e. The van der Waals surface area contributed by atoms with Gasteiger partial charge in [-0.15, -0.1) is 11.3 Å². The van der Waals surface area contributed by atoms with Crippen molar-refractivity contribution in [3.8, 4) is 5.88 Å². The summed E-state index contributed by atoms with van der Waals surface area (Å²) in [6.45, 7) is 2.28. The fourth-order valence-corrected chi connectivity index (χ4v) is 3.60. The van der Waals surface area contributed by atoms with Gasteiger partial charge in [0, 0.05) is 4.88 Å². The third-order valence-electron chi connectivity index (χ3n) is 3.07. The van der Waals surface area contributed by atoms with Crippen molar-refractivity contribution >= 4 is 21.6 Å². The highest BCUT2D eigenvalue weighted by Gasteiger charge is 2.22. The lowest BCUT2D eigenvalue weighted by molar-refractivity contribution is 0.457. The molecular weight excluding hydrogens is 208 g/mol. The Morgan fingerprint density at radius 1 is 1.47 bits per heavy atom. The summed E-state index contributed by atoms with van der Waals surface area (Å²) in [5.74, 6) is 0.896. The summed E-state index contributed by atoms with van der Waals surface area (Å²) in [6.07, 6.45) is 4.81. The predicted molar refractivity (Wildman–Crippen MR) is 60.3 cm³/mol.